The number of hydrogen-bond donors (Lipinski definition) is 1. The molecule has 3 rings (SSSR count). The van der Waals surface area contributed by atoms with Gasteiger partial charge in [-0.25, -0.2) is 8.42 Å². The number of nitrogens with one attached hydrogen (secondary N) is 1. The Hall–Kier alpha value is -2.58. The fourth-order valence-electron chi connectivity index (χ4n) is 3.01. The molecule has 0 atom stereocenters. The summed E-state index contributed by atoms with van der Waals surface area (Å²) in [5.41, 5.74) is 1.39. The van der Waals surface area contributed by atoms with E-state index in [1.165, 1.54) is 35.6 Å². The topological polar surface area (TPSA) is 75.7 Å². The third kappa shape index (κ3) is 5.61. The number of halogens is 2. The summed E-state index contributed by atoms with van der Waals surface area (Å²) >= 11 is 12.0. The largest absolute Gasteiger partial charge is 0.494 e. The summed E-state index contributed by atoms with van der Waals surface area (Å²) < 4.78 is 32.8. The molecule has 0 aliphatic heterocycles. The van der Waals surface area contributed by atoms with Crippen molar-refractivity contribution in [3.63, 3.8) is 0 Å². The van der Waals surface area contributed by atoms with Crippen LogP contribution in [-0.4, -0.2) is 32.3 Å². The fourth-order valence-corrected chi connectivity index (χ4v) is 4.47. The zero-order valence-electron chi connectivity index (χ0n) is 17.5. The molecule has 0 unspecified atom stereocenters. The quantitative estimate of drug-likeness (QED) is 0.452. The van der Waals surface area contributed by atoms with Crippen LogP contribution in [0, 0.1) is 0 Å². The minimum Gasteiger partial charge on any atom is -0.494 e. The molecule has 0 aromatic heterocycles. The molecule has 0 saturated carbocycles. The molecule has 0 spiro atoms. The first kappa shape index (κ1) is 24.1. The summed E-state index contributed by atoms with van der Waals surface area (Å²) in [6, 6.07) is 17.7. The fraction of sp³-hybridized carbons (Fsp3) is 0.174. The van der Waals surface area contributed by atoms with Gasteiger partial charge in [0.2, 0.25) is 10.0 Å². The Kier molecular flexibility index (Phi) is 7.79. The van der Waals surface area contributed by atoms with Crippen LogP contribution in [0.1, 0.15) is 22.8 Å². The minimum atomic E-state index is -3.77. The third-order valence-corrected chi connectivity index (χ3v) is 7.06. The zero-order chi connectivity index (χ0) is 23.3. The Morgan fingerprint density at radius 1 is 1.03 bits per heavy atom. The standard InChI is InChI=1S/C23H22Cl2N2O4S/c1-3-31-22-13-8-16(23(28)26-21-7-5-4-6-20(21)25)14-17(22)15-27(2)32(29,30)19-11-9-18(24)10-12-19/h4-14H,3,15H2,1-2H3,(H,26,28). The van der Waals surface area contributed by atoms with E-state index in [1.807, 2.05) is 6.92 Å². The molecular weight excluding hydrogens is 471 g/mol. The van der Waals surface area contributed by atoms with E-state index in [0.29, 0.717) is 39.2 Å². The number of amides is 1. The summed E-state index contributed by atoms with van der Waals surface area (Å²) in [7, 11) is -2.30. The number of nitrogens with zero attached hydrogens (tertiary/aromatic N) is 1. The van der Waals surface area contributed by atoms with Gasteiger partial charge in [-0.2, -0.15) is 4.31 Å². The van der Waals surface area contributed by atoms with Crippen molar-refractivity contribution < 1.29 is 17.9 Å². The van der Waals surface area contributed by atoms with Crippen molar-refractivity contribution in [3.05, 3.63) is 87.9 Å². The molecule has 3 aromatic carbocycles. The molecule has 0 aliphatic rings. The maximum atomic E-state index is 13.0. The van der Waals surface area contributed by atoms with Gasteiger partial charge in [0.05, 0.1) is 22.2 Å². The lowest BCUT2D eigenvalue weighted by atomic mass is 10.1. The van der Waals surface area contributed by atoms with Crippen molar-refractivity contribution in [3.8, 4) is 5.75 Å². The van der Waals surface area contributed by atoms with Crippen LogP contribution < -0.4 is 10.1 Å². The second-order valence-corrected chi connectivity index (χ2v) is 9.79. The summed E-state index contributed by atoms with van der Waals surface area (Å²) in [6.45, 7) is 2.23. The molecule has 0 aliphatic carbocycles. The normalized spacial score (nSPS) is 11.4. The van der Waals surface area contributed by atoms with E-state index >= 15 is 0 Å². The average Bonchev–Trinajstić information content (AvgIpc) is 2.77. The van der Waals surface area contributed by atoms with E-state index in [0.717, 1.165) is 0 Å². The van der Waals surface area contributed by atoms with E-state index in [-0.39, 0.29) is 17.3 Å². The third-order valence-electron chi connectivity index (χ3n) is 4.66. The highest BCUT2D eigenvalue weighted by Gasteiger charge is 2.23. The van der Waals surface area contributed by atoms with Crippen LogP contribution in [0.2, 0.25) is 10.0 Å². The van der Waals surface area contributed by atoms with E-state index in [4.69, 9.17) is 27.9 Å². The highest BCUT2D eigenvalue weighted by Crippen LogP contribution is 2.26. The molecule has 1 amide bonds. The van der Waals surface area contributed by atoms with Gasteiger partial charge in [-0.15, -0.1) is 0 Å². The van der Waals surface area contributed by atoms with Gasteiger partial charge in [-0.1, -0.05) is 35.3 Å². The second-order valence-electron chi connectivity index (χ2n) is 6.90. The van der Waals surface area contributed by atoms with E-state index in [2.05, 4.69) is 5.32 Å². The maximum absolute atomic E-state index is 13.0. The monoisotopic (exact) mass is 492 g/mol. The Bertz CT molecular complexity index is 1210. The van der Waals surface area contributed by atoms with Gasteiger partial charge in [-0.3, -0.25) is 4.79 Å². The number of anilines is 1. The second kappa shape index (κ2) is 10.4. The lowest BCUT2D eigenvalue weighted by Gasteiger charge is -2.20. The number of sulfonamides is 1. The van der Waals surface area contributed by atoms with Gasteiger partial charge in [0.15, 0.2) is 0 Å². The predicted molar refractivity (Wildman–Crippen MR) is 127 cm³/mol. The first-order chi connectivity index (χ1) is 15.2. The molecule has 0 saturated heterocycles. The van der Waals surface area contributed by atoms with Crippen molar-refractivity contribution in [1.82, 2.24) is 4.31 Å². The molecule has 3 aromatic rings. The van der Waals surface area contributed by atoms with Gasteiger partial charge in [-0.05, 0) is 61.5 Å². The first-order valence-corrected chi connectivity index (χ1v) is 12.0. The van der Waals surface area contributed by atoms with Gasteiger partial charge >= 0.3 is 0 Å². The number of para-hydroxylation sites is 1. The summed E-state index contributed by atoms with van der Waals surface area (Å²) in [5.74, 6) is 0.130. The molecule has 0 fully saturated rings. The SMILES string of the molecule is CCOc1ccc(C(=O)Nc2ccccc2Cl)cc1CN(C)S(=O)(=O)c1ccc(Cl)cc1. The Morgan fingerprint density at radius 2 is 1.72 bits per heavy atom. The van der Waals surface area contributed by atoms with Gasteiger partial charge in [0.1, 0.15) is 5.75 Å². The Labute approximate surface area is 197 Å². The summed E-state index contributed by atoms with van der Waals surface area (Å²) in [4.78, 5) is 12.9. The highest BCUT2D eigenvalue weighted by molar-refractivity contribution is 7.89. The van der Waals surface area contributed by atoms with Crippen molar-refractivity contribution in [1.29, 1.82) is 0 Å². The van der Waals surface area contributed by atoms with Gasteiger partial charge in [0.25, 0.3) is 5.91 Å². The van der Waals surface area contributed by atoms with Crippen molar-refractivity contribution in [2.75, 3.05) is 19.0 Å². The summed E-state index contributed by atoms with van der Waals surface area (Å²) in [5, 5.41) is 3.63. The number of hydrogen-bond acceptors (Lipinski definition) is 4. The maximum Gasteiger partial charge on any atom is 0.255 e. The summed E-state index contributed by atoms with van der Waals surface area (Å²) in [6.07, 6.45) is 0. The van der Waals surface area contributed by atoms with Crippen molar-refractivity contribution >= 4 is 44.8 Å². The van der Waals surface area contributed by atoms with E-state index < -0.39 is 10.0 Å². The number of carbonyl (C=O) groups excluding carboxylic acids is 1. The lowest BCUT2D eigenvalue weighted by Crippen LogP contribution is -2.27. The average molecular weight is 493 g/mol. The van der Waals surface area contributed by atoms with Gasteiger partial charge < -0.3 is 10.1 Å². The van der Waals surface area contributed by atoms with Crippen LogP contribution in [0.3, 0.4) is 0 Å². The molecule has 6 nitrogen and oxygen atoms in total. The van der Waals surface area contributed by atoms with Crippen LogP contribution in [0.5, 0.6) is 5.75 Å². The molecule has 1 N–H and O–H groups in total. The van der Waals surface area contributed by atoms with Crippen molar-refractivity contribution in [2.45, 2.75) is 18.4 Å². The number of benzene rings is 3. The van der Waals surface area contributed by atoms with E-state index in [9.17, 15) is 13.2 Å². The van der Waals surface area contributed by atoms with Crippen molar-refractivity contribution in [2.24, 2.45) is 0 Å². The minimum absolute atomic E-state index is 0.00745. The van der Waals surface area contributed by atoms with Gasteiger partial charge in [0, 0.05) is 29.7 Å². The van der Waals surface area contributed by atoms with Crippen LogP contribution in [-0.2, 0) is 16.6 Å². The van der Waals surface area contributed by atoms with E-state index in [1.54, 1.807) is 42.5 Å². The smallest absolute Gasteiger partial charge is 0.255 e. The number of carbonyl (C=O) groups is 1. The molecule has 168 valence electrons. The molecule has 0 radical (unpaired) electrons. The Morgan fingerprint density at radius 3 is 2.38 bits per heavy atom. The van der Waals surface area contributed by atoms with Crippen LogP contribution >= 0.6 is 23.2 Å². The molecule has 0 bridgehead atoms. The Balaban J connectivity index is 1.88. The van der Waals surface area contributed by atoms with Crippen LogP contribution in [0.15, 0.2) is 71.6 Å². The predicted octanol–water partition coefficient (Wildman–Crippen LogP) is 5.47. The zero-order valence-corrected chi connectivity index (χ0v) is 19.8. The first-order valence-electron chi connectivity index (χ1n) is 9.76. The molecule has 0 heterocycles. The highest BCUT2D eigenvalue weighted by atomic mass is 35.5. The number of ether oxygens (including phenoxy) is 1. The molecular formula is C23H22Cl2N2O4S. The number of rotatable bonds is 8. The lowest BCUT2D eigenvalue weighted by molar-refractivity contribution is 0.102. The van der Waals surface area contributed by atoms with Crippen LogP contribution in [0.4, 0.5) is 5.69 Å². The van der Waals surface area contributed by atoms with Crippen LogP contribution in [0.25, 0.3) is 0 Å². The molecule has 9 heteroatoms. The molecule has 32 heavy (non-hydrogen) atoms.